The third-order valence-electron chi connectivity index (χ3n) is 3.67. The molecule has 1 aliphatic heterocycles. The van der Waals surface area contributed by atoms with E-state index in [1.54, 1.807) is 7.11 Å². The smallest absolute Gasteiger partial charge is 0.305 e. The summed E-state index contributed by atoms with van der Waals surface area (Å²) in [5.41, 5.74) is 0. The first-order chi connectivity index (χ1) is 9.27. The zero-order valence-corrected chi connectivity index (χ0v) is 12.3. The molecule has 0 spiro atoms. The van der Waals surface area contributed by atoms with Crippen LogP contribution in [0.2, 0.25) is 0 Å². The molecule has 1 fully saturated rings. The zero-order valence-electron chi connectivity index (χ0n) is 12.3. The second kappa shape index (κ2) is 10.2. The van der Waals surface area contributed by atoms with Gasteiger partial charge in [0.25, 0.3) is 0 Å². The molecule has 0 amide bonds. The molecule has 1 heterocycles. The van der Waals surface area contributed by atoms with E-state index >= 15 is 0 Å². The van der Waals surface area contributed by atoms with Gasteiger partial charge >= 0.3 is 5.97 Å². The Hall–Kier alpha value is -0.650. The first kappa shape index (κ1) is 16.4. The molecule has 1 aliphatic rings. The van der Waals surface area contributed by atoms with Gasteiger partial charge in [-0.05, 0) is 32.4 Å². The number of hydrogen-bond donors (Lipinski definition) is 1. The molecule has 0 aromatic carbocycles. The van der Waals surface area contributed by atoms with Gasteiger partial charge in [0.05, 0.1) is 13.7 Å². The second-order valence-corrected chi connectivity index (χ2v) is 5.06. The highest BCUT2D eigenvalue weighted by Gasteiger charge is 2.21. The Morgan fingerprint density at radius 1 is 1.37 bits per heavy atom. The molecule has 112 valence electrons. The number of methoxy groups -OCH3 is 2. The Labute approximate surface area is 116 Å². The van der Waals surface area contributed by atoms with Crippen molar-refractivity contribution in [2.75, 3.05) is 47.0 Å². The number of hydrogen-bond acceptors (Lipinski definition) is 5. The number of nitrogens with zero attached hydrogens (tertiary/aromatic N) is 1. The monoisotopic (exact) mass is 272 g/mol. The van der Waals surface area contributed by atoms with Gasteiger partial charge in [0.1, 0.15) is 0 Å². The highest BCUT2D eigenvalue weighted by atomic mass is 16.5. The highest BCUT2D eigenvalue weighted by molar-refractivity contribution is 5.69. The fraction of sp³-hybridized carbons (Fsp3) is 0.929. The van der Waals surface area contributed by atoms with E-state index in [9.17, 15) is 4.79 Å². The number of piperidine rings is 1. The van der Waals surface area contributed by atoms with Gasteiger partial charge in [-0.2, -0.15) is 0 Å². The summed E-state index contributed by atoms with van der Waals surface area (Å²) in [6.45, 7) is 4.82. The van der Waals surface area contributed by atoms with Crippen molar-refractivity contribution in [1.29, 1.82) is 0 Å². The van der Waals surface area contributed by atoms with E-state index < -0.39 is 0 Å². The number of carbonyl (C=O) groups excluding carboxylic acids is 1. The van der Waals surface area contributed by atoms with Crippen LogP contribution in [0.1, 0.15) is 32.1 Å². The van der Waals surface area contributed by atoms with Gasteiger partial charge in [-0.3, -0.25) is 9.69 Å². The summed E-state index contributed by atoms with van der Waals surface area (Å²) in [6.07, 6.45) is 5.24. The maximum Gasteiger partial charge on any atom is 0.305 e. The maximum absolute atomic E-state index is 11.1. The highest BCUT2D eigenvalue weighted by Crippen LogP contribution is 2.17. The number of carbonyl (C=O) groups is 1. The maximum atomic E-state index is 11.1. The van der Waals surface area contributed by atoms with Gasteiger partial charge in [0, 0.05) is 32.7 Å². The standard InChI is InChI=1S/C14H28N2O3/c1-18-11-8-15-12-13-6-3-4-9-16(13)10-5-7-14(17)19-2/h13,15H,3-12H2,1-2H3. The van der Waals surface area contributed by atoms with Gasteiger partial charge in [-0.25, -0.2) is 0 Å². The lowest BCUT2D eigenvalue weighted by Crippen LogP contribution is -2.46. The van der Waals surface area contributed by atoms with Crippen molar-refractivity contribution in [3.05, 3.63) is 0 Å². The molecule has 1 atom stereocenters. The molecule has 5 nitrogen and oxygen atoms in total. The van der Waals surface area contributed by atoms with Crippen LogP contribution in [0.15, 0.2) is 0 Å². The number of esters is 1. The topological polar surface area (TPSA) is 50.8 Å². The lowest BCUT2D eigenvalue weighted by atomic mass is 10.0. The van der Waals surface area contributed by atoms with Crippen molar-refractivity contribution < 1.29 is 14.3 Å². The third kappa shape index (κ3) is 6.89. The number of nitrogens with one attached hydrogen (secondary N) is 1. The molecule has 1 rings (SSSR count). The minimum Gasteiger partial charge on any atom is -0.469 e. The average Bonchev–Trinajstić information content (AvgIpc) is 2.44. The third-order valence-corrected chi connectivity index (χ3v) is 3.67. The molecular weight excluding hydrogens is 244 g/mol. The Kier molecular flexibility index (Phi) is 8.79. The summed E-state index contributed by atoms with van der Waals surface area (Å²) in [7, 11) is 3.17. The molecular formula is C14H28N2O3. The van der Waals surface area contributed by atoms with Crippen LogP contribution in [-0.2, 0) is 14.3 Å². The van der Waals surface area contributed by atoms with Crippen molar-refractivity contribution in [2.45, 2.75) is 38.1 Å². The number of ether oxygens (including phenoxy) is 2. The Morgan fingerprint density at radius 2 is 2.21 bits per heavy atom. The molecule has 5 heteroatoms. The lowest BCUT2D eigenvalue weighted by molar-refractivity contribution is -0.140. The number of rotatable bonds is 9. The minimum absolute atomic E-state index is 0.105. The summed E-state index contributed by atoms with van der Waals surface area (Å²) >= 11 is 0. The predicted octanol–water partition coefficient (Wildman–Crippen LogP) is 1.03. The first-order valence-electron chi connectivity index (χ1n) is 7.28. The normalized spacial score (nSPS) is 20.4. The van der Waals surface area contributed by atoms with E-state index in [0.29, 0.717) is 12.5 Å². The summed E-state index contributed by atoms with van der Waals surface area (Å²) in [5, 5.41) is 3.44. The SMILES string of the molecule is COCCNCC1CCCCN1CCCC(=O)OC. The van der Waals surface area contributed by atoms with E-state index in [-0.39, 0.29) is 5.97 Å². The van der Waals surface area contributed by atoms with Gasteiger partial charge in [-0.1, -0.05) is 6.42 Å². The van der Waals surface area contributed by atoms with Crippen molar-refractivity contribution in [3.8, 4) is 0 Å². The van der Waals surface area contributed by atoms with Crippen molar-refractivity contribution in [1.82, 2.24) is 10.2 Å². The molecule has 0 saturated carbocycles. The van der Waals surface area contributed by atoms with Crippen LogP contribution < -0.4 is 5.32 Å². The van der Waals surface area contributed by atoms with Crippen LogP contribution in [0, 0.1) is 0 Å². The van der Waals surface area contributed by atoms with E-state index in [4.69, 9.17) is 4.74 Å². The summed E-state index contributed by atoms with van der Waals surface area (Å²) in [4.78, 5) is 13.6. The van der Waals surface area contributed by atoms with E-state index in [2.05, 4.69) is 15.0 Å². The van der Waals surface area contributed by atoms with Crippen LogP contribution in [0.5, 0.6) is 0 Å². The molecule has 1 saturated heterocycles. The van der Waals surface area contributed by atoms with Crippen LogP contribution in [-0.4, -0.2) is 63.9 Å². The summed E-state index contributed by atoms with van der Waals surface area (Å²) in [5.74, 6) is -0.105. The van der Waals surface area contributed by atoms with Crippen molar-refractivity contribution in [3.63, 3.8) is 0 Å². The molecule has 0 aliphatic carbocycles. The van der Waals surface area contributed by atoms with E-state index in [1.165, 1.54) is 26.4 Å². The van der Waals surface area contributed by atoms with Crippen LogP contribution in [0.25, 0.3) is 0 Å². The molecule has 1 N–H and O–H groups in total. The Bertz CT molecular complexity index is 249. The molecule has 0 bridgehead atoms. The second-order valence-electron chi connectivity index (χ2n) is 5.06. The van der Waals surface area contributed by atoms with Crippen LogP contribution in [0.4, 0.5) is 0 Å². The molecule has 0 radical (unpaired) electrons. The molecule has 19 heavy (non-hydrogen) atoms. The summed E-state index contributed by atoms with van der Waals surface area (Å²) in [6, 6.07) is 0.600. The lowest BCUT2D eigenvalue weighted by Gasteiger charge is -2.35. The minimum atomic E-state index is -0.105. The van der Waals surface area contributed by atoms with Crippen LogP contribution >= 0.6 is 0 Å². The first-order valence-corrected chi connectivity index (χ1v) is 7.28. The summed E-state index contributed by atoms with van der Waals surface area (Å²) < 4.78 is 9.71. The van der Waals surface area contributed by atoms with Gasteiger partial charge in [-0.15, -0.1) is 0 Å². The van der Waals surface area contributed by atoms with Crippen molar-refractivity contribution >= 4 is 5.97 Å². The largest absolute Gasteiger partial charge is 0.469 e. The molecule has 0 aromatic rings. The van der Waals surface area contributed by atoms with Crippen LogP contribution in [0.3, 0.4) is 0 Å². The van der Waals surface area contributed by atoms with Gasteiger partial charge in [0.2, 0.25) is 0 Å². The average molecular weight is 272 g/mol. The Morgan fingerprint density at radius 3 is 2.95 bits per heavy atom. The zero-order chi connectivity index (χ0) is 13.9. The van der Waals surface area contributed by atoms with Gasteiger partial charge < -0.3 is 14.8 Å². The fourth-order valence-corrected chi connectivity index (χ4v) is 2.56. The molecule has 0 aromatic heterocycles. The predicted molar refractivity (Wildman–Crippen MR) is 75.2 cm³/mol. The van der Waals surface area contributed by atoms with E-state index in [1.807, 2.05) is 0 Å². The quantitative estimate of drug-likeness (QED) is 0.502. The van der Waals surface area contributed by atoms with E-state index in [0.717, 1.165) is 39.2 Å². The molecule has 1 unspecified atom stereocenters. The fourth-order valence-electron chi connectivity index (χ4n) is 2.56. The Balaban J connectivity index is 2.21. The number of likely N-dealkylation sites (tertiary alicyclic amines) is 1. The van der Waals surface area contributed by atoms with Crippen molar-refractivity contribution in [2.24, 2.45) is 0 Å². The van der Waals surface area contributed by atoms with Gasteiger partial charge in [0.15, 0.2) is 0 Å².